The number of carbonyl (C=O) groups is 1. The van der Waals surface area contributed by atoms with Crippen molar-refractivity contribution in [3.8, 4) is 0 Å². The van der Waals surface area contributed by atoms with Crippen molar-refractivity contribution in [2.75, 3.05) is 6.54 Å². The number of carboxylic acids is 1. The van der Waals surface area contributed by atoms with Crippen molar-refractivity contribution >= 4 is 5.97 Å². The van der Waals surface area contributed by atoms with Gasteiger partial charge in [0.1, 0.15) is 6.04 Å². The third-order valence-electron chi connectivity index (χ3n) is 2.29. The van der Waals surface area contributed by atoms with Crippen LogP contribution in [0, 0.1) is 0 Å². The molecule has 0 aromatic carbocycles. The van der Waals surface area contributed by atoms with Crippen LogP contribution in [0.25, 0.3) is 0 Å². The van der Waals surface area contributed by atoms with E-state index in [9.17, 15) is 4.79 Å². The Morgan fingerprint density at radius 1 is 1.64 bits per heavy atom. The third-order valence-corrected chi connectivity index (χ3v) is 2.29. The van der Waals surface area contributed by atoms with Gasteiger partial charge in [0, 0.05) is 6.54 Å². The Balaban J connectivity index is 2.86. The third kappa shape index (κ3) is 2.33. The van der Waals surface area contributed by atoms with Gasteiger partial charge in [-0.2, -0.15) is 0 Å². The molecule has 3 nitrogen and oxygen atoms in total. The molecule has 0 aliphatic carbocycles. The standard InChI is InChI=1S/C11H15NO2/c1-3-5-9-6-10(11(13)14)12-7-8(9)4-2/h3-5,10,12H,2,6-7H2,1H3,(H,13,14)/b5-3-. The molecule has 0 aromatic heterocycles. The minimum Gasteiger partial charge on any atom is -0.480 e. The van der Waals surface area contributed by atoms with E-state index in [1.54, 1.807) is 6.08 Å². The fourth-order valence-corrected chi connectivity index (χ4v) is 1.52. The second kappa shape index (κ2) is 4.77. The van der Waals surface area contributed by atoms with Gasteiger partial charge in [-0.1, -0.05) is 24.8 Å². The first-order chi connectivity index (χ1) is 6.69. The zero-order valence-corrected chi connectivity index (χ0v) is 8.29. The van der Waals surface area contributed by atoms with Gasteiger partial charge in [-0.25, -0.2) is 0 Å². The van der Waals surface area contributed by atoms with Gasteiger partial charge in [-0.05, 0) is 24.5 Å². The van der Waals surface area contributed by atoms with Crippen LogP contribution in [0.3, 0.4) is 0 Å². The lowest BCUT2D eigenvalue weighted by Crippen LogP contribution is -2.41. The first kappa shape index (κ1) is 10.7. The summed E-state index contributed by atoms with van der Waals surface area (Å²) in [5, 5.41) is 11.8. The van der Waals surface area contributed by atoms with E-state index >= 15 is 0 Å². The highest BCUT2D eigenvalue weighted by Gasteiger charge is 2.22. The summed E-state index contributed by atoms with van der Waals surface area (Å²) in [5.74, 6) is -0.796. The molecule has 76 valence electrons. The Kier molecular flexibility index (Phi) is 3.65. The molecule has 1 heterocycles. The average molecular weight is 193 g/mol. The first-order valence-electron chi connectivity index (χ1n) is 4.62. The van der Waals surface area contributed by atoms with Crippen molar-refractivity contribution in [2.24, 2.45) is 0 Å². The lowest BCUT2D eigenvalue weighted by atomic mass is 9.95. The molecule has 0 amide bonds. The summed E-state index contributed by atoms with van der Waals surface area (Å²) in [6.07, 6.45) is 6.18. The molecule has 0 saturated heterocycles. The van der Waals surface area contributed by atoms with Crippen LogP contribution >= 0.6 is 0 Å². The van der Waals surface area contributed by atoms with Gasteiger partial charge in [-0.3, -0.25) is 4.79 Å². The molecule has 1 atom stereocenters. The lowest BCUT2D eigenvalue weighted by molar-refractivity contribution is -0.139. The number of allylic oxidation sites excluding steroid dienone is 2. The molecular formula is C11H15NO2. The fourth-order valence-electron chi connectivity index (χ4n) is 1.52. The van der Waals surface area contributed by atoms with Gasteiger partial charge in [0.25, 0.3) is 0 Å². The van der Waals surface area contributed by atoms with Gasteiger partial charge >= 0.3 is 5.97 Å². The van der Waals surface area contributed by atoms with E-state index in [-0.39, 0.29) is 0 Å². The Morgan fingerprint density at radius 2 is 2.36 bits per heavy atom. The van der Waals surface area contributed by atoms with Crippen molar-refractivity contribution in [3.63, 3.8) is 0 Å². The van der Waals surface area contributed by atoms with Crippen molar-refractivity contribution in [2.45, 2.75) is 19.4 Å². The summed E-state index contributed by atoms with van der Waals surface area (Å²) in [7, 11) is 0. The molecule has 0 spiro atoms. The van der Waals surface area contributed by atoms with Gasteiger partial charge in [0.05, 0.1) is 0 Å². The summed E-state index contributed by atoms with van der Waals surface area (Å²) < 4.78 is 0. The average Bonchev–Trinajstić information content (AvgIpc) is 2.18. The molecule has 14 heavy (non-hydrogen) atoms. The summed E-state index contributed by atoms with van der Waals surface area (Å²) in [5.41, 5.74) is 2.15. The van der Waals surface area contributed by atoms with Crippen LogP contribution in [-0.4, -0.2) is 23.7 Å². The summed E-state index contributed by atoms with van der Waals surface area (Å²) >= 11 is 0. The number of hydrogen-bond donors (Lipinski definition) is 2. The van der Waals surface area contributed by atoms with Crippen molar-refractivity contribution in [1.29, 1.82) is 0 Å². The van der Waals surface area contributed by atoms with Crippen LogP contribution in [0.2, 0.25) is 0 Å². The minimum absolute atomic E-state index is 0.468. The fraction of sp³-hybridized carbons (Fsp3) is 0.364. The van der Waals surface area contributed by atoms with E-state index in [2.05, 4.69) is 11.9 Å². The largest absolute Gasteiger partial charge is 0.480 e. The second-order valence-electron chi connectivity index (χ2n) is 3.23. The molecule has 3 heteroatoms. The number of hydrogen-bond acceptors (Lipinski definition) is 2. The maximum atomic E-state index is 10.8. The summed E-state index contributed by atoms with van der Waals surface area (Å²) in [6, 6.07) is -0.468. The molecule has 0 radical (unpaired) electrons. The molecule has 1 aliphatic heterocycles. The normalized spacial score (nSPS) is 22.8. The van der Waals surface area contributed by atoms with E-state index in [0.29, 0.717) is 13.0 Å². The highest BCUT2D eigenvalue weighted by Crippen LogP contribution is 2.18. The molecule has 1 rings (SSSR count). The number of carboxylic acid groups (broad SMARTS) is 1. The summed E-state index contributed by atoms with van der Waals surface area (Å²) in [6.45, 7) is 6.21. The van der Waals surface area contributed by atoms with E-state index < -0.39 is 12.0 Å². The molecule has 0 fully saturated rings. The van der Waals surface area contributed by atoms with Crippen molar-refractivity contribution < 1.29 is 9.90 Å². The van der Waals surface area contributed by atoms with Crippen LogP contribution in [-0.2, 0) is 4.79 Å². The Morgan fingerprint density at radius 3 is 2.86 bits per heavy atom. The number of aliphatic carboxylic acids is 1. The van der Waals surface area contributed by atoms with Gasteiger partial charge in [0.15, 0.2) is 0 Å². The summed E-state index contributed by atoms with van der Waals surface area (Å²) in [4.78, 5) is 10.8. The number of rotatable bonds is 3. The first-order valence-corrected chi connectivity index (χ1v) is 4.62. The maximum Gasteiger partial charge on any atom is 0.321 e. The molecular weight excluding hydrogens is 178 g/mol. The Hall–Kier alpha value is -1.35. The highest BCUT2D eigenvalue weighted by molar-refractivity contribution is 5.74. The van der Waals surface area contributed by atoms with Crippen LogP contribution in [0.15, 0.2) is 36.0 Å². The molecule has 1 unspecified atom stereocenters. The maximum absolute atomic E-state index is 10.8. The van der Waals surface area contributed by atoms with Crippen LogP contribution in [0.5, 0.6) is 0 Å². The molecule has 1 aliphatic rings. The predicted molar refractivity (Wildman–Crippen MR) is 56.1 cm³/mol. The molecule has 0 aromatic rings. The Labute approximate surface area is 83.8 Å². The van der Waals surface area contributed by atoms with Crippen LogP contribution in [0.4, 0.5) is 0 Å². The van der Waals surface area contributed by atoms with Gasteiger partial charge in [0.2, 0.25) is 0 Å². The molecule has 2 N–H and O–H groups in total. The SMILES string of the molecule is C=CC1=C(/C=C\C)CC(C(=O)O)NC1. The lowest BCUT2D eigenvalue weighted by Gasteiger charge is -2.23. The van der Waals surface area contributed by atoms with E-state index in [4.69, 9.17) is 5.11 Å². The smallest absolute Gasteiger partial charge is 0.321 e. The van der Waals surface area contributed by atoms with Crippen molar-refractivity contribution in [1.82, 2.24) is 5.32 Å². The molecule has 0 saturated carbocycles. The number of nitrogens with one attached hydrogen (secondary N) is 1. The van der Waals surface area contributed by atoms with E-state index in [1.165, 1.54) is 0 Å². The zero-order chi connectivity index (χ0) is 10.6. The Bertz CT molecular complexity index is 302. The van der Waals surface area contributed by atoms with Gasteiger partial charge < -0.3 is 10.4 Å². The molecule has 0 bridgehead atoms. The highest BCUT2D eigenvalue weighted by atomic mass is 16.4. The second-order valence-corrected chi connectivity index (χ2v) is 3.23. The van der Waals surface area contributed by atoms with Crippen LogP contribution in [0.1, 0.15) is 13.3 Å². The quantitative estimate of drug-likeness (QED) is 0.714. The topological polar surface area (TPSA) is 49.3 Å². The van der Waals surface area contributed by atoms with E-state index in [0.717, 1.165) is 11.1 Å². The predicted octanol–water partition coefficient (Wildman–Crippen LogP) is 1.49. The zero-order valence-electron chi connectivity index (χ0n) is 8.29. The minimum atomic E-state index is -0.796. The van der Waals surface area contributed by atoms with Crippen LogP contribution < -0.4 is 5.32 Å². The van der Waals surface area contributed by atoms with Gasteiger partial charge in [-0.15, -0.1) is 0 Å². The van der Waals surface area contributed by atoms with Crippen molar-refractivity contribution in [3.05, 3.63) is 36.0 Å². The van der Waals surface area contributed by atoms with E-state index in [1.807, 2.05) is 19.1 Å². The monoisotopic (exact) mass is 193 g/mol.